The zero-order valence-electron chi connectivity index (χ0n) is 16.1. The van der Waals surface area contributed by atoms with Crippen LogP contribution in [0.25, 0.3) is 0 Å². The van der Waals surface area contributed by atoms with E-state index >= 15 is 0 Å². The average molecular weight is 398 g/mol. The van der Waals surface area contributed by atoms with Gasteiger partial charge in [0.25, 0.3) is 0 Å². The molecule has 28 heavy (non-hydrogen) atoms. The van der Waals surface area contributed by atoms with Crippen LogP contribution in [-0.2, 0) is 0 Å². The molecule has 0 radical (unpaired) electrons. The highest BCUT2D eigenvalue weighted by Crippen LogP contribution is 2.34. The minimum Gasteiger partial charge on any atom is -0.368 e. The Morgan fingerprint density at radius 1 is 1.25 bits per heavy atom. The number of allylic oxidation sites excluding steroid dienone is 1. The van der Waals surface area contributed by atoms with Crippen molar-refractivity contribution in [1.82, 2.24) is 21.1 Å². The number of piperidine rings is 1. The maximum absolute atomic E-state index is 6.10. The fraction of sp³-hybridized carbons (Fsp3) is 0.409. The van der Waals surface area contributed by atoms with Crippen LogP contribution in [0.3, 0.4) is 0 Å². The van der Waals surface area contributed by atoms with Gasteiger partial charge < -0.3 is 10.7 Å². The van der Waals surface area contributed by atoms with Crippen molar-refractivity contribution in [3.8, 4) is 0 Å². The fourth-order valence-electron chi connectivity index (χ4n) is 4.15. The molecule has 0 amide bonds. The van der Waals surface area contributed by atoms with Crippen molar-refractivity contribution in [1.29, 1.82) is 0 Å². The molecular weight excluding hydrogens is 370 g/mol. The molecule has 3 heterocycles. The smallest absolute Gasteiger partial charge is 0.119 e. The molecule has 3 aliphatic rings. The second kappa shape index (κ2) is 8.95. The van der Waals surface area contributed by atoms with E-state index in [0.29, 0.717) is 6.04 Å². The molecule has 3 aliphatic heterocycles. The number of aliphatic imine (C=N–C) groups is 1. The zero-order valence-corrected chi connectivity index (χ0v) is 16.9. The molecule has 1 unspecified atom stereocenters. The molecule has 1 aromatic carbocycles. The third kappa shape index (κ3) is 4.32. The first-order valence-corrected chi connectivity index (χ1v) is 10.4. The maximum Gasteiger partial charge on any atom is 0.119 e. The van der Waals surface area contributed by atoms with Crippen LogP contribution in [0.2, 0.25) is 5.02 Å². The van der Waals surface area contributed by atoms with Crippen molar-refractivity contribution >= 4 is 17.8 Å². The van der Waals surface area contributed by atoms with Crippen LogP contribution in [-0.4, -0.2) is 43.3 Å². The predicted molar refractivity (Wildman–Crippen MR) is 116 cm³/mol. The van der Waals surface area contributed by atoms with E-state index in [2.05, 4.69) is 50.8 Å². The Bertz CT molecular complexity index is 788. The van der Waals surface area contributed by atoms with Gasteiger partial charge in [0.1, 0.15) is 5.82 Å². The van der Waals surface area contributed by atoms with Crippen molar-refractivity contribution in [3.05, 3.63) is 70.5 Å². The topological polar surface area (TPSA) is 51.7 Å². The number of hydrogen-bond donors (Lipinski definition) is 3. The van der Waals surface area contributed by atoms with Crippen LogP contribution in [0.4, 0.5) is 0 Å². The summed E-state index contributed by atoms with van der Waals surface area (Å²) in [5, 5.41) is 4.54. The highest BCUT2D eigenvalue weighted by molar-refractivity contribution is 6.30. The summed E-state index contributed by atoms with van der Waals surface area (Å²) >= 11 is 6.10. The van der Waals surface area contributed by atoms with Crippen molar-refractivity contribution in [2.75, 3.05) is 26.2 Å². The van der Waals surface area contributed by atoms with Gasteiger partial charge in [-0.05, 0) is 48.6 Å². The van der Waals surface area contributed by atoms with E-state index in [1.165, 1.54) is 16.7 Å². The van der Waals surface area contributed by atoms with Gasteiger partial charge in [-0.2, -0.15) is 0 Å². The van der Waals surface area contributed by atoms with Crippen LogP contribution in [0, 0.1) is 0 Å². The molecule has 0 saturated carbocycles. The van der Waals surface area contributed by atoms with Crippen molar-refractivity contribution in [3.63, 3.8) is 0 Å². The largest absolute Gasteiger partial charge is 0.368 e. The summed E-state index contributed by atoms with van der Waals surface area (Å²) in [7, 11) is 0. The molecule has 4 rings (SSSR count). The van der Waals surface area contributed by atoms with Crippen LogP contribution in [0.15, 0.2) is 65.0 Å². The number of benzene rings is 1. The number of nitrogens with zero attached hydrogens (tertiary/aromatic N) is 2. The zero-order chi connectivity index (χ0) is 19.3. The van der Waals surface area contributed by atoms with Gasteiger partial charge in [-0.25, -0.2) is 5.43 Å². The number of hydrazine groups is 1. The van der Waals surface area contributed by atoms with Gasteiger partial charge in [0.2, 0.25) is 0 Å². The second-order valence-corrected chi connectivity index (χ2v) is 7.98. The molecule has 0 aromatic heterocycles. The number of hydrogen-bond acceptors (Lipinski definition) is 5. The number of nitrogens with one attached hydrogen (secondary N) is 3. The molecular formula is C22H28ClN5. The van der Waals surface area contributed by atoms with Gasteiger partial charge in [-0.3, -0.25) is 9.89 Å². The van der Waals surface area contributed by atoms with E-state index < -0.39 is 0 Å². The molecule has 1 fully saturated rings. The molecule has 0 bridgehead atoms. The quantitative estimate of drug-likeness (QED) is 0.644. The fourth-order valence-corrected chi connectivity index (χ4v) is 4.28. The lowest BCUT2D eigenvalue weighted by molar-refractivity contribution is 0.219. The van der Waals surface area contributed by atoms with Gasteiger partial charge in [-0.15, -0.1) is 6.58 Å². The molecule has 1 saturated heterocycles. The first kappa shape index (κ1) is 19.2. The standard InChI is InChI=1S/C22H28ClN5/c1-2-13-28-14-9-19(10-15-28)25-22-20(16-7-11-24-12-8-16)21(26-27-22)17-3-5-18(23)6-4-17/h2-7,11,19,21,25-27H,1,8-10,12-15H2. The van der Waals surface area contributed by atoms with Gasteiger partial charge >= 0.3 is 0 Å². The molecule has 1 aromatic rings. The Morgan fingerprint density at radius 2 is 2.04 bits per heavy atom. The molecule has 148 valence electrons. The third-order valence-electron chi connectivity index (χ3n) is 5.66. The number of likely N-dealkylation sites (tertiary alicyclic amines) is 1. The normalized spacial score (nSPS) is 23.5. The molecule has 5 nitrogen and oxygen atoms in total. The van der Waals surface area contributed by atoms with Crippen molar-refractivity contribution < 1.29 is 0 Å². The minimum atomic E-state index is 0.0957. The van der Waals surface area contributed by atoms with E-state index in [1.54, 1.807) is 0 Å². The lowest BCUT2D eigenvalue weighted by atomic mass is 9.91. The van der Waals surface area contributed by atoms with Crippen LogP contribution >= 0.6 is 11.6 Å². The first-order valence-electron chi connectivity index (χ1n) is 10.0. The average Bonchev–Trinajstić information content (AvgIpc) is 3.14. The number of halogens is 1. The van der Waals surface area contributed by atoms with E-state index in [0.717, 1.165) is 56.3 Å². The Hall–Kier alpha value is -2.08. The van der Waals surface area contributed by atoms with Gasteiger partial charge in [-0.1, -0.05) is 29.8 Å². The molecule has 3 N–H and O–H groups in total. The minimum absolute atomic E-state index is 0.0957. The van der Waals surface area contributed by atoms with Crippen molar-refractivity contribution in [2.24, 2.45) is 4.99 Å². The SMILES string of the molecule is C=CCN1CCC(NC2=C(C3=CC=NCC3)C(c3ccc(Cl)cc3)NN2)CC1. The lowest BCUT2D eigenvalue weighted by Gasteiger charge is -2.32. The Kier molecular flexibility index (Phi) is 6.15. The highest BCUT2D eigenvalue weighted by atomic mass is 35.5. The number of rotatable bonds is 6. The monoisotopic (exact) mass is 397 g/mol. The molecule has 0 aliphatic carbocycles. The highest BCUT2D eigenvalue weighted by Gasteiger charge is 2.31. The second-order valence-electron chi connectivity index (χ2n) is 7.55. The van der Waals surface area contributed by atoms with Crippen LogP contribution < -0.4 is 16.2 Å². The van der Waals surface area contributed by atoms with Crippen LogP contribution in [0.5, 0.6) is 0 Å². The van der Waals surface area contributed by atoms with Crippen molar-refractivity contribution in [2.45, 2.75) is 31.3 Å². The first-order chi connectivity index (χ1) is 13.7. The van der Waals surface area contributed by atoms with Gasteiger partial charge in [0.05, 0.1) is 6.04 Å². The summed E-state index contributed by atoms with van der Waals surface area (Å²) in [5.74, 6) is 1.10. The van der Waals surface area contributed by atoms with E-state index in [9.17, 15) is 0 Å². The van der Waals surface area contributed by atoms with E-state index in [4.69, 9.17) is 11.6 Å². The summed E-state index contributed by atoms with van der Waals surface area (Å²) < 4.78 is 0. The van der Waals surface area contributed by atoms with Gasteiger partial charge in [0, 0.05) is 49.0 Å². The Labute approximate surface area is 172 Å². The van der Waals surface area contributed by atoms with Gasteiger partial charge in [0.15, 0.2) is 0 Å². The number of dihydropyridines is 1. The Morgan fingerprint density at radius 3 is 2.71 bits per heavy atom. The lowest BCUT2D eigenvalue weighted by Crippen LogP contribution is -2.44. The summed E-state index contributed by atoms with van der Waals surface area (Å²) in [6.07, 6.45) is 9.29. The molecule has 6 heteroatoms. The van der Waals surface area contributed by atoms with E-state index in [-0.39, 0.29) is 6.04 Å². The molecule has 0 spiro atoms. The molecule has 1 atom stereocenters. The third-order valence-corrected chi connectivity index (χ3v) is 5.92. The van der Waals surface area contributed by atoms with Crippen LogP contribution in [0.1, 0.15) is 30.9 Å². The van der Waals surface area contributed by atoms with E-state index in [1.807, 2.05) is 24.4 Å². The summed E-state index contributed by atoms with van der Waals surface area (Å²) in [5.41, 5.74) is 10.7. The Balaban J connectivity index is 1.56. The predicted octanol–water partition coefficient (Wildman–Crippen LogP) is 3.34. The maximum atomic E-state index is 6.10. The summed E-state index contributed by atoms with van der Waals surface area (Å²) in [4.78, 5) is 6.81. The summed E-state index contributed by atoms with van der Waals surface area (Å²) in [6, 6.07) is 8.66. The summed E-state index contributed by atoms with van der Waals surface area (Å²) in [6.45, 7) is 7.89.